The molecule has 0 heterocycles. The minimum atomic E-state index is 0.621. The summed E-state index contributed by atoms with van der Waals surface area (Å²) in [5, 5.41) is 0. The van der Waals surface area contributed by atoms with Crippen molar-refractivity contribution in [1.29, 1.82) is 0 Å². The number of para-hydroxylation sites is 2. The van der Waals surface area contributed by atoms with Crippen LogP contribution in [0.5, 0.6) is 0 Å². The molecule has 3 nitrogen and oxygen atoms in total. The Bertz CT molecular complexity index is 1790. The van der Waals surface area contributed by atoms with Gasteiger partial charge in [-0.15, -0.1) is 0 Å². The highest BCUT2D eigenvalue weighted by Gasteiger charge is 2.14. The van der Waals surface area contributed by atoms with Gasteiger partial charge in [-0.25, -0.2) is 4.85 Å². The van der Waals surface area contributed by atoms with E-state index in [1.54, 1.807) is 0 Å². The Kier molecular flexibility index (Phi) is 7.30. The summed E-state index contributed by atoms with van der Waals surface area (Å²) in [6.45, 7) is 9.59. The highest BCUT2D eigenvalue weighted by Crippen LogP contribution is 2.38. The molecule has 0 N–H and O–H groups in total. The Morgan fingerprint density at radius 2 is 0.829 bits per heavy atom. The van der Waals surface area contributed by atoms with E-state index in [2.05, 4.69) is 131 Å². The van der Waals surface area contributed by atoms with Gasteiger partial charge in [0.1, 0.15) is 0 Å². The van der Waals surface area contributed by atoms with Crippen molar-refractivity contribution < 1.29 is 0 Å². The zero-order chi connectivity index (χ0) is 28.0. The Morgan fingerprint density at radius 3 is 1.29 bits per heavy atom. The maximum absolute atomic E-state index is 7.47. The van der Waals surface area contributed by atoms with Gasteiger partial charge in [0.25, 0.3) is 0 Å². The summed E-state index contributed by atoms with van der Waals surface area (Å²) in [4.78, 5) is 8.11. The second-order valence-electron chi connectivity index (χ2n) is 9.91. The lowest BCUT2D eigenvalue weighted by molar-refractivity contribution is 1.27. The van der Waals surface area contributed by atoms with Crippen LogP contribution in [0.25, 0.3) is 16.0 Å². The predicted molar refractivity (Wildman–Crippen MR) is 172 cm³/mol. The molecule has 6 aromatic carbocycles. The molecule has 0 atom stereocenters. The number of anilines is 6. The summed E-state index contributed by atoms with van der Waals surface area (Å²) in [6.07, 6.45) is 0. The lowest BCUT2D eigenvalue weighted by atomic mass is 10.0. The highest BCUT2D eigenvalue weighted by atomic mass is 15.1. The van der Waals surface area contributed by atoms with E-state index in [1.807, 2.05) is 48.5 Å². The van der Waals surface area contributed by atoms with Crippen LogP contribution >= 0.6 is 0 Å². The van der Waals surface area contributed by atoms with Crippen LogP contribution in [0.3, 0.4) is 0 Å². The summed E-state index contributed by atoms with van der Waals surface area (Å²) in [7, 11) is 0. The first-order chi connectivity index (χ1) is 20.2. The summed E-state index contributed by atoms with van der Waals surface area (Å²) < 4.78 is 0. The zero-order valence-corrected chi connectivity index (χ0v) is 22.9. The van der Waals surface area contributed by atoms with Crippen molar-refractivity contribution in [1.82, 2.24) is 0 Å². The molecule has 3 heteroatoms. The molecule has 0 aliphatic carbocycles. The van der Waals surface area contributed by atoms with Crippen molar-refractivity contribution in [3.05, 3.63) is 175 Å². The summed E-state index contributed by atoms with van der Waals surface area (Å²) >= 11 is 0. The molecular weight excluding hydrogens is 498 g/mol. The van der Waals surface area contributed by atoms with E-state index >= 15 is 0 Å². The Morgan fingerprint density at radius 1 is 0.415 bits per heavy atom. The lowest BCUT2D eigenvalue weighted by Gasteiger charge is -2.26. The van der Waals surface area contributed by atoms with Gasteiger partial charge in [-0.05, 0) is 96.4 Å². The van der Waals surface area contributed by atoms with Gasteiger partial charge in [-0.2, -0.15) is 0 Å². The van der Waals surface area contributed by atoms with Gasteiger partial charge in [0.2, 0.25) is 0 Å². The third-order valence-electron chi connectivity index (χ3n) is 7.09. The van der Waals surface area contributed by atoms with Crippen LogP contribution in [0, 0.1) is 13.5 Å². The smallest absolute Gasteiger partial charge is 0.189 e. The molecule has 6 rings (SSSR count). The first-order valence-corrected chi connectivity index (χ1v) is 13.6. The van der Waals surface area contributed by atoms with Crippen LogP contribution < -0.4 is 9.80 Å². The van der Waals surface area contributed by atoms with Crippen molar-refractivity contribution >= 4 is 39.8 Å². The number of nitrogens with zero attached hydrogens (tertiary/aromatic N) is 3. The molecule has 0 saturated carbocycles. The number of aryl methyl sites for hydroxylation is 1. The van der Waals surface area contributed by atoms with Gasteiger partial charge in [-0.1, -0.05) is 84.9 Å². The minimum Gasteiger partial charge on any atom is -0.312 e. The first kappa shape index (κ1) is 25.7. The lowest BCUT2D eigenvalue weighted by Crippen LogP contribution is -2.10. The summed E-state index contributed by atoms with van der Waals surface area (Å²) in [5.74, 6) is 0. The summed E-state index contributed by atoms with van der Waals surface area (Å²) in [5.41, 5.74) is 10.5. The zero-order valence-electron chi connectivity index (χ0n) is 22.9. The Labute approximate surface area is 242 Å². The van der Waals surface area contributed by atoms with Crippen molar-refractivity contribution in [2.24, 2.45) is 0 Å². The minimum absolute atomic E-state index is 0.621. The standard InChI is InChI=1S/C38H29N3/c1-29-11-9-17-37(27-29)40(33-13-5-3-6-14-33)35-23-19-30(20-24-35)31-21-25-36(26-22-31)41(34-15-7-4-8-16-34)38-18-10-12-32(28-38)39-2/h3-28H,1H3. The predicted octanol–water partition coefficient (Wildman–Crippen LogP) is 11.2. The normalized spacial score (nSPS) is 10.5. The molecule has 0 aromatic heterocycles. The average molecular weight is 528 g/mol. The molecule has 0 aliphatic heterocycles. The van der Waals surface area contributed by atoms with E-state index in [4.69, 9.17) is 6.57 Å². The van der Waals surface area contributed by atoms with Crippen molar-refractivity contribution in [2.75, 3.05) is 9.80 Å². The Balaban J connectivity index is 1.33. The maximum Gasteiger partial charge on any atom is 0.189 e. The second kappa shape index (κ2) is 11.7. The third-order valence-corrected chi connectivity index (χ3v) is 7.09. The topological polar surface area (TPSA) is 10.8 Å². The molecule has 6 aromatic rings. The molecule has 0 fully saturated rings. The Hall–Kier alpha value is -5.59. The monoisotopic (exact) mass is 527 g/mol. The molecule has 196 valence electrons. The SMILES string of the molecule is [C-]#[N+]c1cccc(N(c2ccccc2)c2ccc(-c3ccc(N(c4ccccc4)c4cccc(C)c4)cc3)cc2)c1. The van der Waals surface area contributed by atoms with Crippen molar-refractivity contribution in [3.63, 3.8) is 0 Å². The number of benzene rings is 6. The van der Waals surface area contributed by atoms with Crippen LogP contribution in [0.1, 0.15) is 5.56 Å². The van der Waals surface area contributed by atoms with Gasteiger partial charge >= 0.3 is 0 Å². The van der Waals surface area contributed by atoms with E-state index in [1.165, 1.54) is 5.56 Å². The highest BCUT2D eigenvalue weighted by molar-refractivity contribution is 5.81. The molecule has 0 bridgehead atoms. The molecule has 0 saturated heterocycles. The fourth-order valence-corrected chi connectivity index (χ4v) is 5.12. The molecule has 0 radical (unpaired) electrons. The largest absolute Gasteiger partial charge is 0.312 e. The fraction of sp³-hybridized carbons (Fsp3) is 0.0263. The van der Waals surface area contributed by atoms with Crippen molar-refractivity contribution in [3.8, 4) is 11.1 Å². The van der Waals surface area contributed by atoms with Crippen LogP contribution in [-0.4, -0.2) is 0 Å². The molecular formula is C38H29N3. The molecule has 0 spiro atoms. The van der Waals surface area contributed by atoms with E-state index in [0.717, 1.165) is 45.3 Å². The quantitative estimate of drug-likeness (QED) is 0.191. The van der Waals surface area contributed by atoms with E-state index in [-0.39, 0.29) is 0 Å². The summed E-state index contributed by atoms with van der Waals surface area (Å²) in [6, 6.07) is 54.4. The van der Waals surface area contributed by atoms with E-state index in [0.29, 0.717) is 5.69 Å². The molecule has 0 amide bonds. The van der Waals surface area contributed by atoms with Gasteiger partial charge in [0.15, 0.2) is 5.69 Å². The van der Waals surface area contributed by atoms with Gasteiger partial charge < -0.3 is 9.80 Å². The maximum atomic E-state index is 7.47. The fourth-order valence-electron chi connectivity index (χ4n) is 5.12. The second-order valence-corrected chi connectivity index (χ2v) is 9.91. The van der Waals surface area contributed by atoms with Crippen molar-refractivity contribution in [2.45, 2.75) is 6.92 Å². The first-order valence-electron chi connectivity index (χ1n) is 13.6. The molecule has 0 aliphatic rings. The molecule has 0 unspecified atom stereocenters. The molecule has 41 heavy (non-hydrogen) atoms. The van der Waals surface area contributed by atoms with Crippen LogP contribution in [-0.2, 0) is 0 Å². The van der Waals surface area contributed by atoms with Gasteiger partial charge in [0, 0.05) is 34.1 Å². The number of hydrogen-bond donors (Lipinski definition) is 0. The third kappa shape index (κ3) is 5.59. The van der Waals surface area contributed by atoms with E-state index < -0.39 is 0 Å². The van der Waals surface area contributed by atoms with Crippen LogP contribution in [0.2, 0.25) is 0 Å². The number of hydrogen-bond acceptors (Lipinski definition) is 2. The van der Waals surface area contributed by atoms with Gasteiger partial charge in [-0.3, -0.25) is 0 Å². The van der Waals surface area contributed by atoms with Crippen LogP contribution in [0.4, 0.5) is 39.8 Å². The van der Waals surface area contributed by atoms with Gasteiger partial charge in [0.05, 0.1) is 6.57 Å². The number of rotatable bonds is 7. The average Bonchev–Trinajstić information content (AvgIpc) is 3.03. The van der Waals surface area contributed by atoms with Crippen LogP contribution in [0.15, 0.2) is 158 Å². The van der Waals surface area contributed by atoms with E-state index in [9.17, 15) is 0 Å².